The highest BCUT2D eigenvalue weighted by atomic mass is 16.1. The molecule has 12 heavy (non-hydrogen) atoms. The number of amides is 1. The molecule has 0 saturated heterocycles. The molecule has 0 fully saturated rings. The van der Waals surface area contributed by atoms with Crippen LogP contribution in [0.25, 0.3) is 0 Å². The lowest BCUT2D eigenvalue weighted by Crippen LogP contribution is -2.23. The molecule has 0 bridgehead atoms. The van der Waals surface area contributed by atoms with Gasteiger partial charge in [0.05, 0.1) is 6.33 Å². The average Bonchev–Trinajstić information content (AvgIpc) is 2.53. The zero-order valence-corrected chi connectivity index (χ0v) is 7.16. The third-order valence-electron chi connectivity index (χ3n) is 1.53. The lowest BCUT2D eigenvalue weighted by molar-refractivity contribution is -0.121. The van der Waals surface area contributed by atoms with Crippen molar-refractivity contribution in [3.8, 4) is 0 Å². The van der Waals surface area contributed by atoms with E-state index >= 15 is 0 Å². The number of carbonyl (C=O) groups is 1. The Hall–Kier alpha value is -1.32. The minimum absolute atomic E-state index is 0.0891. The van der Waals surface area contributed by atoms with Crippen LogP contribution in [0.5, 0.6) is 0 Å². The number of aryl methyl sites for hydroxylation is 1. The Morgan fingerprint density at radius 2 is 2.50 bits per heavy atom. The summed E-state index contributed by atoms with van der Waals surface area (Å²) in [5, 5.41) is 2.74. The Kier molecular flexibility index (Phi) is 3.32. The zero-order chi connectivity index (χ0) is 8.81. The molecule has 0 radical (unpaired) electrons. The van der Waals surface area contributed by atoms with E-state index in [-0.39, 0.29) is 5.91 Å². The third-order valence-corrected chi connectivity index (χ3v) is 1.53. The van der Waals surface area contributed by atoms with E-state index in [2.05, 4.69) is 10.3 Å². The summed E-state index contributed by atoms with van der Waals surface area (Å²) in [6, 6.07) is 0. The highest BCUT2D eigenvalue weighted by Crippen LogP contribution is 1.89. The minimum Gasteiger partial charge on any atom is -0.356 e. The van der Waals surface area contributed by atoms with Crippen molar-refractivity contribution >= 4 is 5.91 Å². The highest BCUT2D eigenvalue weighted by molar-refractivity contribution is 5.75. The van der Waals surface area contributed by atoms with E-state index in [9.17, 15) is 4.79 Å². The van der Waals surface area contributed by atoms with Gasteiger partial charge in [-0.2, -0.15) is 0 Å². The topological polar surface area (TPSA) is 46.9 Å². The number of rotatable bonds is 4. The van der Waals surface area contributed by atoms with Gasteiger partial charge in [0.15, 0.2) is 0 Å². The van der Waals surface area contributed by atoms with Gasteiger partial charge in [-0.25, -0.2) is 4.98 Å². The second kappa shape index (κ2) is 4.54. The van der Waals surface area contributed by atoms with Crippen LogP contribution in [0, 0.1) is 0 Å². The fourth-order valence-electron chi connectivity index (χ4n) is 0.935. The van der Waals surface area contributed by atoms with Crippen LogP contribution in [0.3, 0.4) is 0 Å². The maximum Gasteiger partial charge on any atom is 0.221 e. The van der Waals surface area contributed by atoms with Crippen LogP contribution in [0.1, 0.15) is 13.3 Å². The molecule has 66 valence electrons. The zero-order valence-electron chi connectivity index (χ0n) is 7.16. The van der Waals surface area contributed by atoms with Crippen molar-refractivity contribution in [3.63, 3.8) is 0 Å². The second-order valence-electron chi connectivity index (χ2n) is 2.50. The molecule has 0 aliphatic rings. The Morgan fingerprint density at radius 1 is 1.67 bits per heavy atom. The molecule has 0 unspecified atom stereocenters. The van der Waals surface area contributed by atoms with Gasteiger partial charge in [-0.05, 0) is 6.92 Å². The molecule has 0 spiro atoms. The molecule has 0 aliphatic heterocycles. The summed E-state index contributed by atoms with van der Waals surface area (Å²) < 4.78 is 1.88. The first-order valence-corrected chi connectivity index (χ1v) is 4.05. The van der Waals surface area contributed by atoms with Crippen molar-refractivity contribution in [3.05, 3.63) is 18.7 Å². The summed E-state index contributed by atoms with van der Waals surface area (Å²) in [6.07, 6.45) is 5.78. The van der Waals surface area contributed by atoms with E-state index < -0.39 is 0 Å². The Balaban J connectivity index is 2.22. The van der Waals surface area contributed by atoms with Gasteiger partial charge in [-0.1, -0.05) is 0 Å². The summed E-state index contributed by atoms with van der Waals surface area (Å²) in [6.45, 7) is 3.31. The quantitative estimate of drug-likeness (QED) is 0.706. The van der Waals surface area contributed by atoms with Gasteiger partial charge in [-0.3, -0.25) is 4.79 Å². The fourth-order valence-corrected chi connectivity index (χ4v) is 0.935. The van der Waals surface area contributed by atoms with E-state index in [0.29, 0.717) is 19.5 Å². The highest BCUT2D eigenvalue weighted by Gasteiger charge is 1.98. The van der Waals surface area contributed by atoms with Crippen LogP contribution in [-0.2, 0) is 11.3 Å². The molecule has 1 aromatic heterocycles. The molecule has 0 saturated carbocycles. The molecule has 1 heterocycles. The minimum atomic E-state index is 0.0891. The Labute approximate surface area is 71.6 Å². The number of aromatic nitrogens is 2. The molecule has 4 heteroatoms. The predicted molar refractivity (Wildman–Crippen MR) is 45.5 cm³/mol. The molecule has 0 aromatic carbocycles. The largest absolute Gasteiger partial charge is 0.356 e. The van der Waals surface area contributed by atoms with Crippen molar-refractivity contribution in [1.82, 2.24) is 14.9 Å². The SMILES string of the molecule is CCNC(=O)CCn1ccnc1. The number of nitrogens with zero attached hydrogens (tertiary/aromatic N) is 2. The molecule has 4 nitrogen and oxygen atoms in total. The predicted octanol–water partition coefficient (Wildman–Crippen LogP) is 0.409. The second-order valence-corrected chi connectivity index (χ2v) is 2.50. The van der Waals surface area contributed by atoms with Gasteiger partial charge in [0.1, 0.15) is 0 Å². The summed E-state index contributed by atoms with van der Waals surface area (Å²) in [5.41, 5.74) is 0. The van der Waals surface area contributed by atoms with Crippen molar-refractivity contribution in [1.29, 1.82) is 0 Å². The normalized spacial score (nSPS) is 9.75. The van der Waals surface area contributed by atoms with Crippen LogP contribution in [0.2, 0.25) is 0 Å². The van der Waals surface area contributed by atoms with Crippen molar-refractivity contribution in [2.75, 3.05) is 6.54 Å². The van der Waals surface area contributed by atoms with Gasteiger partial charge in [-0.15, -0.1) is 0 Å². The molecular formula is C8H13N3O. The smallest absolute Gasteiger partial charge is 0.221 e. The number of nitrogens with one attached hydrogen (secondary N) is 1. The maximum atomic E-state index is 11.0. The molecule has 0 aliphatic carbocycles. The summed E-state index contributed by atoms with van der Waals surface area (Å²) in [4.78, 5) is 14.9. The van der Waals surface area contributed by atoms with Crippen LogP contribution < -0.4 is 5.32 Å². The van der Waals surface area contributed by atoms with Crippen molar-refractivity contribution < 1.29 is 4.79 Å². The molecule has 1 N–H and O–H groups in total. The molecule has 1 rings (SSSR count). The van der Waals surface area contributed by atoms with Crippen molar-refractivity contribution in [2.45, 2.75) is 19.9 Å². The maximum absolute atomic E-state index is 11.0. The number of hydrogen-bond acceptors (Lipinski definition) is 2. The monoisotopic (exact) mass is 167 g/mol. The molecular weight excluding hydrogens is 154 g/mol. The average molecular weight is 167 g/mol. The number of hydrogen-bond donors (Lipinski definition) is 1. The molecule has 1 aromatic rings. The van der Waals surface area contributed by atoms with E-state index in [1.807, 2.05) is 17.7 Å². The van der Waals surface area contributed by atoms with Crippen molar-refractivity contribution in [2.24, 2.45) is 0 Å². The van der Waals surface area contributed by atoms with Gasteiger partial charge in [0.2, 0.25) is 5.91 Å². The fraction of sp³-hybridized carbons (Fsp3) is 0.500. The lowest BCUT2D eigenvalue weighted by Gasteiger charge is -2.01. The summed E-state index contributed by atoms with van der Waals surface area (Å²) in [7, 11) is 0. The van der Waals surface area contributed by atoms with E-state index in [1.165, 1.54) is 0 Å². The summed E-state index contributed by atoms with van der Waals surface area (Å²) in [5.74, 6) is 0.0891. The van der Waals surface area contributed by atoms with Gasteiger partial charge >= 0.3 is 0 Å². The molecule has 0 atom stereocenters. The lowest BCUT2D eigenvalue weighted by atomic mass is 10.4. The first-order chi connectivity index (χ1) is 5.83. The van der Waals surface area contributed by atoms with Gasteiger partial charge < -0.3 is 9.88 Å². The van der Waals surface area contributed by atoms with E-state index in [1.54, 1.807) is 12.5 Å². The Morgan fingerprint density at radius 3 is 3.08 bits per heavy atom. The first kappa shape index (κ1) is 8.77. The van der Waals surface area contributed by atoms with Crippen LogP contribution >= 0.6 is 0 Å². The van der Waals surface area contributed by atoms with Crippen LogP contribution in [0.15, 0.2) is 18.7 Å². The molecule has 1 amide bonds. The van der Waals surface area contributed by atoms with Crippen LogP contribution in [0.4, 0.5) is 0 Å². The van der Waals surface area contributed by atoms with E-state index in [4.69, 9.17) is 0 Å². The van der Waals surface area contributed by atoms with E-state index in [0.717, 1.165) is 0 Å². The standard InChI is InChI=1S/C8H13N3O/c1-2-10-8(12)3-5-11-6-4-9-7-11/h4,6-7H,2-3,5H2,1H3,(H,10,12). The Bertz CT molecular complexity index is 230. The van der Waals surface area contributed by atoms with Gasteiger partial charge in [0, 0.05) is 31.9 Å². The third kappa shape index (κ3) is 2.74. The number of carbonyl (C=O) groups excluding carboxylic acids is 1. The summed E-state index contributed by atoms with van der Waals surface area (Å²) >= 11 is 0. The van der Waals surface area contributed by atoms with Crippen LogP contribution in [-0.4, -0.2) is 22.0 Å². The first-order valence-electron chi connectivity index (χ1n) is 4.05. The van der Waals surface area contributed by atoms with Gasteiger partial charge in [0.25, 0.3) is 0 Å². The number of imidazole rings is 1.